The smallest absolute Gasteiger partial charge is 0.264 e. The molecule has 0 aromatic heterocycles. The monoisotopic (exact) mass is 400 g/mol. The summed E-state index contributed by atoms with van der Waals surface area (Å²) in [6, 6.07) is 8.36. The highest BCUT2D eigenvalue weighted by Crippen LogP contribution is 2.53. The van der Waals surface area contributed by atoms with Crippen LogP contribution in [0.2, 0.25) is 0 Å². The maximum Gasteiger partial charge on any atom is 0.264 e. The van der Waals surface area contributed by atoms with Gasteiger partial charge in [0.2, 0.25) is 0 Å². The van der Waals surface area contributed by atoms with Gasteiger partial charge in [-0.05, 0) is 91.1 Å². The normalized spacial score (nSPS) is 30.8. The molecule has 4 saturated carbocycles. The van der Waals surface area contributed by atoms with Crippen LogP contribution in [0, 0.1) is 23.7 Å². The van der Waals surface area contributed by atoms with Crippen molar-refractivity contribution in [2.45, 2.75) is 64.3 Å². The molecule has 0 saturated heterocycles. The number of hydrogen-bond acceptors (Lipinski definition) is 3. The van der Waals surface area contributed by atoms with E-state index >= 15 is 0 Å². The van der Waals surface area contributed by atoms with Crippen molar-refractivity contribution in [2.75, 3.05) is 6.61 Å². The molecule has 0 unspecified atom stereocenters. The highest BCUT2D eigenvalue weighted by molar-refractivity contribution is 7.80. The van der Waals surface area contributed by atoms with Gasteiger partial charge in [-0.3, -0.25) is 4.79 Å². The molecule has 0 heterocycles. The number of carbonyl (C=O) groups excluding carboxylic acids is 1. The zero-order valence-corrected chi connectivity index (χ0v) is 18.0. The molecule has 2 N–H and O–H groups in total. The van der Waals surface area contributed by atoms with Crippen LogP contribution in [0.4, 0.5) is 0 Å². The van der Waals surface area contributed by atoms with Gasteiger partial charge in [0.1, 0.15) is 5.75 Å². The third-order valence-corrected chi connectivity index (χ3v) is 7.09. The fraction of sp³-hybridized carbons (Fsp3) is 0.652. The Labute approximate surface area is 173 Å². The number of amides is 1. The van der Waals surface area contributed by atoms with Crippen molar-refractivity contribution in [1.82, 2.24) is 10.6 Å². The summed E-state index contributed by atoms with van der Waals surface area (Å²) in [5, 5.41) is 6.71. The van der Waals surface area contributed by atoms with Gasteiger partial charge in [0.05, 0.1) is 0 Å². The molecule has 0 radical (unpaired) electrons. The molecule has 4 nitrogen and oxygen atoms in total. The molecular formula is C23H32N2O2S. The summed E-state index contributed by atoms with van der Waals surface area (Å²) in [5.41, 5.74) is 1.34. The number of carbonyl (C=O) groups is 1. The van der Waals surface area contributed by atoms with Crippen LogP contribution >= 0.6 is 12.2 Å². The Bertz CT molecular complexity index is 710. The Hall–Kier alpha value is -1.62. The molecule has 0 aliphatic heterocycles. The van der Waals surface area contributed by atoms with Crippen molar-refractivity contribution < 1.29 is 9.53 Å². The SMILES string of the molecule is CC(C)(C)c1ccc(OCC(=O)NC(=S)NC2C3CC4CC(C3)CC2C4)cc1. The van der Waals surface area contributed by atoms with E-state index in [1.54, 1.807) is 0 Å². The number of thiocarbonyl (C=S) groups is 1. The van der Waals surface area contributed by atoms with E-state index in [0.717, 1.165) is 23.7 Å². The second kappa shape index (κ2) is 7.66. The first-order chi connectivity index (χ1) is 13.3. The van der Waals surface area contributed by atoms with E-state index in [-0.39, 0.29) is 17.9 Å². The van der Waals surface area contributed by atoms with Crippen molar-refractivity contribution in [2.24, 2.45) is 23.7 Å². The summed E-state index contributed by atoms with van der Waals surface area (Å²) in [5.74, 6) is 3.81. The average Bonchev–Trinajstić information content (AvgIpc) is 2.62. The quantitative estimate of drug-likeness (QED) is 0.745. The predicted molar refractivity (Wildman–Crippen MR) is 115 cm³/mol. The van der Waals surface area contributed by atoms with Gasteiger partial charge >= 0.3 is 0 Å². The summed E-state index contributed by atoms with van der Waals surface area (Å²) in [6.45, 7) is 6.49. The summed E-state index contributed by atoms with van der Waals surface area (Å²) in [4.78, 5) is 12.2. The van der Waals surface area contributed by atoms with E-state index in [4.69, 9.17) is 17.0 Å². The van der Waals surface area contributed by atoms with Gasteiger partial charge in [0.25, 0.3) is 5.91 Å². The molecule has 28 heavy (non-hydrogen) atoms. The second-order valence-corrected chi connectivity index (χ2v) is 10.4. The Kier molecular flexibility index (Phi) is 5.38. The molecule has 0 spiro atoms. The predicted octanol–water partition coefficient (Wildman–Crippen LogP) is 4.18. The van der Waals surface area contributed by atoms with Crippen LogP contribution in [-0.4, -0.2) is 23.7 Å². The van der Waals surface area contributed by atoms with Gasteiger partial charge in [-0.2, -0.15) is 0 Å². The first-order valence-corrected chi connectivity index (χ1v) is 11.0. The lowest BCUT2D eigenvalue weighted by molar-refractivity contribution is -0.121. The third-order valence-electron chi connectivity index (χ3n) is 6.87. The van der Waals surface area contributed by atoms with Crippen molar-refractivity contribution >= 4 is 23.2 Å². The molecule has 1 aromatic carbocycles. The van der Waals surface area contributed by atoms with Gasteiger partial charge in [-0.15, -0.1) is 0 Å². The molecule has 4 bridgehead atoms. The lowest BCUT2D eigenvalue weighted by Crippen LogP contribution is -2.58. The van der Waals surface area contributed by atoms with Crippen LogP contribution in [0.15, 0.2) is 24.3 Å². The lowest BCUT2D eigenvalue weighted by atomic mass is 9.54. The van der Waals surface area contributed by atoms with Crippen LogP contribution in [0.3, 0.4) is 0 Å². The van der Waals surface area contributed by atoms with Crippen LogP contribution in [0.5, 0.6) is 5.75 Å². The number of nitrogens with one attached hydrogen (secondary N) is 2. The zero-order chi connectivity index (χ0) is 19.9. The van der Waals surface area contributed by atoms with Crippen molar-refractivity contribution in [3.8, 4) is 5.75 Å². The molecule has 5 rings (SSSR count). The molecule has 5 heteroatoms. The molecule has 152 valence electrons. The Morgan fingerprint density at radius 2 is 1.61 bits per heavy atom. The third kappa shape index (κ3) is 4.35. The minimum atomic E-state index is -0.207. The van der Waals surface area contributed by atoms with Crippen LogP contribution in [0.1, 0.15) is 58.4 Å². The largest absolute Gasteiger partial charge is 0.484 e. The number of ether oxygens (including phenoxy) is 1. The molecule has 4 fully saturated rings. The van der Waals surface area contributed by atoms with Crippen LogP contribution < -0.4 is 15.4 Å². The van der Waals surface area contributed by atoms with Crippen molar-refractivity contribution in [1.29, 1.82) is 0 Å². The minimum Gasteiger partial charge on any atom is -0.484 e. The Morgan fingerprint density at radius 1 is 1.04 bits per heavy atom. The first kappa shape index (κ1) is 19.7. The fourth-order valence-corrected chi connectivity index (χ4v) is 5.96. The maximum atomic E-state index is 12.2. The number of hydrogen-bond donors (Lipinski definition) is 2. The summed E-state index contributed by atoms with van der Waals surface area (Å²) in [7, 11) is 0. The van der Waals surface area contributed by atoms with Crippen molar-refractivity contribution in [3.63, 3.8) is 0 Å². The first-order valence-electron chi connectivity index (χ1n) is 10.6. The van der Waals surface area contributed by atoms with Gasteiger partial charge in [0.15, 0.2) is 11.7 Å². The molecule has 0 atom stereocenters. The van der Waals surface area contributed by atoms with Gasteiger partial charge < -0.3 is 15.4 Å². The second-order valence-electron chi connectivity index (χ2n) is 10.0. The van der Waals surface area contributed by atoms with Gasteiger partial charge in [-0.1, -0.05) is 32.9 Å². The zero-order valence-electron chi connectivity index (χ0n) is 17.2. The highest BCUT2D eigenvalue weighted by atomic mass is 32.1. The lowest BCUT2D eigenvalue weighted by Gasteiger charge is -2.54. The summed E-state index contributed by atoms with van der Waals surface area (Å²) < 4.78 is 5.62. The average molecular weight is 401 g/mol. The molecule has 1 aromatic rings. The van der Waals surface area contributed by atoms with E-state index in [9.17, 15) is 4.79 Å². The summed E-state index contributed by atoms with van der Waals surface area (Å²) in [6.07, 6.45) is 6.75. The summed E-state index contributed by atoms with van der Waals surface area (Å²) >= 11 is 5.42. The van der Waals surface area contributed by atoms with Crippen LogP contribution in [-0.2, 0) is 10.2 Å². The molecular weight excluding hydrogens is 368 g/mol. The number of benzene rings is 1. The molecule has 1 amide bonds. The standard InChI is InChI=1S/C23H32N2O2S/c1-23(2,3)18-4-6-19(7-5-18)27-13-20(26)24-22(28)25-21-16-9-14-8-15(11-16)12-17(21)10-14/h4-7,14-17,21H,8-13H2,1-3H3,(H2,24,25,26,28). The highest BCUT2D eigenvalue weighted by Gasteiger charge is 2.48. The van der Waals surface area contributed by atoms with Gasteiger partial charge in [0, 0.05) is 6.04 Å². The fourth-order valence-electron chi connectivity index (χ4n) is 5.71. The number of rotatable bonds is 4. The van der Waals surface area contributed by atoms with E-state index in [1.165, 1.54) is 37.7 Å². The van der Waals surface area contributed by atoms with Gasteiger partial charge in [-0.25, -0.2) is 0 Å². The molecule has 4 aliphatic carbocycles. The Morgan fingerprint density at radius 3 is 2.14 bits per heavy atom. The topological polar surface area (TPSA) is 50.4 Å². The van der Waals surface area contributed by atoms with E-state index in [0.29, 0.717) is 16.9 Å². The van der Waals surface area contributed by atoms with E-state index in [2.05, 4.69) is 31.4 Å². The van der Waals surface area contributed by atoms with Crippen molar-refractivity contribution in [3.05, 3.63) is 29.8 Å². The van der Waals surface area contributed by atoms with E-state index < -0.39 is 0 Å². The van der Waals surface area contributed by atoms with Crippen LogP contribution in [0.25, 0.3) is 0 Å². The molecule has 4 aliphatic rings. The Balaban J connectivity index is 1.23. The minimum absolute atomic E-state index is 0.0294. The maximum absolute atomic E-state index is 12.2. The van der Waals surface area contributed by atoms with E-state index in [1.807, 2.05) is 24.3 Å².